The maximum Gasteiger partial charge on any atom is 0.239 e. The van der Waals surface area contributed by atoms with Crippen molar-refractivity contribution in [1.29, 1.82) is 0 Å². The summed E-state index contributed by atoms with van der Waals surface area (Å²) in [7, 11) is 3.97. The number of nitrogens with two attached hydrogens (primary N) is 1. The van der Waals surface area contributed by atoms with Gasteiger partial charge in [-0.2, -0.15) is 0 Å². The van der Waals surface area contributed by atoms with Crippen molar-refractivity contribution in [3.63, 3.8) is 0 Å². The Hall–Kier alpha value is -1.33. The van der Waals surface area contributed by atoms with E-state index in [0.29, 0.717) is 19.5 Å². The number of nitrogens with zero attached hydrogens (tertiary/aromatic N) is 2. The van der Waals surface area contributed by atoms with E-state index in [4.69, 9.17) is 10.2 Å². The second kappa shape index (κ2) is 7.31. The van der Waals surface area contributed by atoms with Gasteiger partial charge >= 0.3 is 0 Å². The van der Waals surface area contributed by atoms with E-state index in [-0.39, 0.29) is 5.91 Å². The van der Waals surface area contributed by atoms with Crippen molar-refractivity contribution in [2.45, 2.75) is 32.9 Å². The minimum Gasteiger partial charge on any atom is -0.464 e. The van der Waals surface area contributed by atoms with Gasteiger partial charge in [0.05, 0.1) is 12.6 Å². The van der Waals surface area contributed by atoms with Crippen LogP contribution in [0.1, 0.15) is 24.9 Å². The largest absolute Gasteiger partial charge is 0.464 e. The second-order valence-electron chi connectivity index (χ2n) is 5.09. The normalized spacial score (nSPS) is 12.7. The Balaban J connectivity index is 2.70. The third kappa shape index (κ3) is 5.04. The highest BCUT2D eigenvalue weighted by Crippen LogP contribution is 2.11. The first-order valence-electron chi connectivity index (χ1n) is 6.68. The summed E-state index contributed by atoms with van der Waals surface area (Å²) in [5, 5.41) is 0. The fourth-order valence-corrected chi connectivity index (χ4v) is 1.76. The van der Waals surface area contributed by atoms with Crippen LogP contribution in [-0.4, -0.2) is 48.9 Å². The molecule has 0 aliphatic carbocycles. The number of carbonyl (C=O) groups is 1. The van der Waals surface area contributed by atoms with E-state index in [1.165, 1.54) is 0 Å². The molecule has 1 amide bonds. The van der Waals surface area contributed by atoms with Crippen LogP contribution < -0.4 is 5.73 Å². The molecule has 0 fully saturated rings. The highest BCUT2D eigenvalue weighted by Gasteiger charge is 2.20. The topological polar surface area (TPSA) is 62.7 Å². The van der Waals surface area contributed by atoms with Crippen LogP contribution in [0, 0.1) is 6.92 Å². The number of furan rings is 1. The fourth-order valence-electron chi connectivity index (χ4n) is 1.76. The van der Waals surface area contributed by atoms with E-state index in [1.807, 2.05) is 45.0 Å². The lowest BCUT2D eigenvalue weighted by Gasteiger charge is -2.26. The van der Waals surface area contributed by atoms with E-state index in [1.54, 1.807) is 4.90 Å². The van der Waals surface area contributed by atoms with Gasteiger partial charge in [-0.05, 0) is 39.6 Å². The molecule has 0 aliphatic rings. The maximum atomic E-state index is 12.2. The summed E-state index contributed by atoms with van der Waals surface area (Å²) >= 11 is 0. The highest BCUT2D eigenvalue weighted by atomic mass is 16.3. The van der Waals surface area contributed by atoms with Crippen molar-refractivity contribution in [3.8, 4) is 0 Å². The Morgan fingerprint density at radius 2 is 2.05 bits per heavy atom. The van der Waals surface area contributed by atoms with E-state index < -0.39 is 6.04 Å². The first-order valence-corrected chi connectivity index (χ1v) is 6.68. The van der Waals surface area contributed by atoms with E-state index in [0.717, 1.165) is 18.1 Å². The number of carbonyl (C=O) groups excluding carboxylic acids is 1. The number of rotatable bonds is 7. The summed E-state index contributed by atoms with van der Waals surface area (Å²) in [4.78, 5) is 16.1. The minimum absolute atomic E-state index is 0.0154. The van der Waals surface area contributed by atoms with Crippen LogP contribution in [0.2, 0.25) is 0 Å². The molecule has 5 nitrogen and oxygen atoms in total. The average Bonchev–Trinajstić information content (AvgIpc) is 2.77. The van der Waals surface area contributed by atoms with Crippen LogP contribution in [0.3, 0.4) is 0 Å². The quantitative estimate of drug-likeness (QED) is 0.806. The Bertz CT molecular complexity index is 401. The van der Waals surface area contributed by atoms with Crippen molar-refractivity contribution in [3.05, 3.63) is 23.7 Å². The Morgan fingerprint density at radius 1 is 1.37 bits per heavy atom. The van der Waals surface area contributed by atoms with Crippen LogP contribution in [0.25, 0.3) is 0 Å². The summed E-state index contributed by atoms with van der Waals surface area (Å²) in [5.74, 6) is 1.64. The molecule has 1 aromatic heterocycles. The molecule has 0 saturated carbocycles. The standard InChI is InChI=1S/C14H25N3O2/c1-5-13(15)14(18)17(9-8-16(3)4)10-12-7-6-11(2)19-12/h6-7,13H,5,8-10,15H2,1-4H3/t13-/m0/s1. The molecular weight excluding hydrogens is 242 g/mol. The number of aryl methyl sites for hydroxylation is 1. The Morgan fingerprint density at radius 3 is 2.53 bits per heavy atom. The van der Waals surface area contributed by atoms with Gasteiger partial charge in [0.2, 0.25) is 5.91 Å². The number of hydrogen-bond acceptors (Lipinski definition) is 4. The van der Waals surface area contributed by atoms with Gasteiger partial charge in [-0.1, -0.05) is 6.92 Å². The van der Waals surface area contributed by atoms with Gasteiger partial charge < -0.3 is 20.0 Å². The summed E-state index contributed by atoms with van der Waals surface area (Å²) in [6, 6.07) is 3.38. The lowest BCUT2D eigenvalue weighted by molar-refractivity contribution is -0.133. The summed E-state index contributed by atoms with van der Waals surface area (Å²) in [6.07, 6.45) is 0.647. The molecule has 1 rings (SSSR count). The van der Waals surface area contributed by atoms with Crippen LogP contribution in [0.15, 0.2) is 16.5 Å². The third-order valence-corrected chi connectivity index (χ3v) is 3.03. The molecule has 0 saturated heterocycles. The monoisotopic (exact) mass is 267 g/mol. The molecule has 1 atom stereocenters. The predicted octanol–water partition coefficient (Wildman–Crippen LogP) is 1.22. The van der Waals surface area contributed by atoms with Gasteiger partial charge in [-0.15, -0.1) is 0 Å². The maximum absolute atomic E-state index is 12.2. The van der Waals surface area contributed by atoms with Gasteiger partial charge in [0.25, 0.3) is 0 Å². The smallest absolute Gasteiger partial charge is 0.239 e. The van der Waals surface area contributed by atoms with Crippen LogP contribution in [0.5, 0.6) is 0 Å². The predicted molar refractivity (Wildman–Crippen MR) is 75.7 cm³/mol. The van der Waals surface area contributed by atoms with Crippen molar-refractivity contribution in [1.82, 2.24) is 9.80 Å². The first kappa shape index (κ1) is 15.7. The SMILES string of the molecule is CC[C@H](N)C(=O)N(CCN(C)C)Cc1ccc(C)o1. The van der Waals surface area contributed by atoms with E-state index in [2.05, 4.69) is 0 Å². The van der Waals surface area contributed by atoms with Gasteiger partial charge in [0, 0.05) is 13.1 Å². The first-order chi connectivity index (χ1) is 8.93. The van der Waals surface area contributed by atoms with Crippen molar-refractivity contribution in [2.24, 2.45) is 5.73 Å². The summed E-state index contributed by atoms with van der Waals surface area (Å²) < 4.78 is 5.54. The van der Waals surface area contributed by atoms with Crippen molar-refractivity contribution in [2.75, 3.05) is 27.2 Å². The number of hydrogen-bond donors (Lipinski definition) is 1. The zero-order chi connectivity index (χ0) is 14.4. The van der Waals surface area contributed by atoms with Crippen LogP contribution in [0.4, 0.5) is 0 Å². The fraction of sp³-hybridized carbons (Fsp3) is 0.643. The van der Waals surface area contributed by atoms with Gasteiger partial charge in [0.15, 0.2) is 0 Å². The van der Waals surface area contributed by atoms with Gasteiger partial charge in [-0.3, -0.25) is 4.79 Å². The summed E-state index contributed by atoms with van der Waals surface area (Å²) in [5.41, 5.74) is 5.85. The molecule has 0 bridgehead atoms. The molecule has 5 heteroatoms. The average molecular weight is 267 g/mol. The molecule has 0 spiro atoms. The molecule has 0 radical (unpaired) electrons. The number of likely N-dealkylation sites (N-methyl/N-ethyl adjacent to an activating group) is 1. The highest BCUT2D eigenvalue weighted by molar-refractivity contribution is 5.81. The lowest BCUT2D eigenvalue weighted by atomic mass is 10.2. The zero-order valence-corrected chi connectivity index (χ0v) is 12.3. The number of amides is 1. The van der Waals surface area contributed by atoms with Crippen LogP contribution in [-0.2, 0) is 11.3 Å². The van der Waals surface area contributed by atoms with E-state index in [9.17, 15) is 4.79 Å². The zero-order valence-electron chi connectivity index (χ0n) is 12.3. The van der Waals surface area contributed by atoms with Crippen molar-refractivity contribution < 1.29 is 9.21 Å². The Labute approximate surface area is 115 Å². The molecule has 0 unspecified atom stereocenters. The molecule has 0 aromatic carbocycles. The summed E-state index contributed by atoms with van der Waals surface area (Å²) in [6.45, 7) is 5.76. The molecule has 1 heterocycles. The van der Waals surface area contributed by atoms with Gasteiger partial charge in [0.1, 0.15) is 11.5 Å². The lowest BCUT2D eigenvalue weighted by Crippen LogP contribution is -2.45. The van der Waals surface area contributed by atoms with Crippen LogP contribution >= 0.6 is 0 Å². The second-order valence-corrected chi connectivity index (χ2v) is 5.09. The molecular formula is C14H25N3O2. The minimum atomic E-state index is -0.432. The molecule has 108 valence electrons. The molecule has 1 aromatic rings. The van der Waals surface area contributed by atoms with Gasteiger partial charge in [-0.25, -0.2) is 0 Å². The third-order valence-electron chi connectivity index (χ3n) is 3.03. The Kier molecular flexibility index (Phi) is 6.05. The molecule has 19 heavy (non-hydrogen) atoms. The molecule has 2 N–H and O–H groups in total. The molecule has 0 aliphatic heterocycles. The van der Waals surface area contributed by atoms with E-state index >= 15 is 0 Å². The van der Waals surface area contributed by atoms with Crippen molar-refractivity contribution >= 4 is 5.91 Å².